The highest BCUT2D eigenvalue weighted by molar-refractivity contribution is 5.92. The zero-order chi connectivity index (χ0) is 12.8. The van der Waals surface area contributed by atoms with Crippen LogP contribution in [0.2, 0.25) is 0 Å². The van der Waals surface area contributed by atoms with E-state index in [1.165, 1.54) is 0 Å². The Bertz CT molecular complexity index is 614. The van der Waals surface area contributed by atoms with Crippen molar-refractivity contribution in [3.05, 3.63) is 29.7 Å². The van der Waals surface area contributed by atoms with Crippen LogP contribution >= 0.6 is 0 Å². The van der Waals surface area contributed by atoms with E-state index in [9.17, 15) is 4.79 Å². The first-order valence-electron chi connectivity index (χ1n) is 6.00. The molecule has 1 saturated carbocycles. The van der Waals surface area contributed by atoms with Crippen molar-refractivity contribution >= 4 is 17.0 Å². The van der Waals surface area contributed by atoms with Crippen molar-refractivity contribution in [1.82, 2.24) is 15.8 Å². The third kappa shape index (κ3) is 1.59. The summed E-state index contributed by atoms with van der Waals surface area (Å²) in [6, 6.07) is 5.79. The molecule has 1 aromatic carbocycles. The number of hydrogen-bond donors (Lipinski definition) is 2. The molecule has 1 aliphatic rings. The molecule has 5 heteroatoms. The summed E-state index contributed by atoms with van der Waals surface area (Å²) in [6.45, 7) is 1.82. The maximum Gasteiger partial charge on any atom is 0.244 e. The lowest BCUT2D eigenvalue weighted by Crippen LogP contribution is -2.41. The van der Waals surface area contributed by atoms with Gasteiger partial charge in [0, 0.05) is 14.0 Å². The minimum absolute atomic E-state index is 0.0181. The monoisotopic (exact) mass is 245 g/mol. The summed E-state index contributed by atoms with van der Waals surface area (Å²) in [5.74, 6) is 0.663. The van der Waals surface area contributed by atoms with Crippen LogP contribution in [0.25, 0.3) is 11.1 Å². The second-order valence-corrected chi connectivity index (χ2v) is 4.70. The average Bonchev–Trinajstić information content (AvgIpc) is 3.06. The van der Waals surface area contributed by atoms with Crippen LogP contribution in [0, 0.1) is 6.92 Å². The van der Waals surface area contributed by atoms with Crippen LogP contribution < -0.4 is 10.9 Å². The van der Waals surface area contributed by atoms with Crippen molar-refractivity contribution in [3.63, 3.8) is 0 Å². The lowest BCUT2D eigenvalue weighted by atomic mass is 9.95. The maximum absolute atomic E-state index is 12.1. The number of amides is 1. The fraction of sp³-hybridized carbons (Fsp3) is 0.385. The summed E-state index contributed by atoms with van der Waals surface area (Å²) in [6.07, 6.45) is 1.76. The normalized spacial score (nSPS) is 16.8. The molecule has 0 spiro atoms. The van der Waals surface area contributed by atoms with E-state index in [4.69, 9.17) is 4.42 Å². The Morgan fingerprint density at radius 2 is 2.22 bits per heavy atom. The molecule has 1 amide bonds. The van der Waals surface area contributed by atoms with Crippen molar-refractivity contribution in [2.75, 3.05) is 7.05 Å². The Morgan fingerprint density at radius 3 is 2.89 bits per heavy atom. The smallest absolute Gasteiger partial charge is 0.244 e. The van der Waals surface area contributed by atoms with E-state index < -0.39 is 0 Å². The lowest BCUT2D eigenvalue weighted by molar-refractivity contribution is -0.124. The Hall–Kier alpha value is -1.88. The molecule has 0 aliphatic heterocycles. The van der Waals surface area contributed by atoms with Crippen LogP contribution in [-0.2, 0) is 10.2 Å². The van der Waals surface area contributed by atoms with Gasteiger partial charge in [0.15, 0.2) is 11.5 Å². The summed E-state index contributed by atoms with van der Waals surface area (Å²) in [5.41, 5.74) is 7.56. The second-order valence-electron chi connectivity index (χ2n) is 4.70. The Labute approximate surface area is 105 Å². The van der Waals surface area contributed by atoms with Gasteiger partial charge < -0.3 is 4.42 Å². The molecule has 0 bridgehead atoms. The van der Waals surface area contributed by atoms with E-state index in [0.717, 1.165) is 29.5 Å². The van der Waals surface area contributed by atoms with Gasteiger partial charge in [0.2, 0.25) is 5.91 Å². The van der Waals surface area contributed by atoms with Crippen molar-refractivity contribution in [2.24, 2.45) is 0 Å². The summed E-state index contributed by atoms with van der Waals surface area (Å²) in [4.78, 5) is 16.4. The molecule has 0 atom stereocenters. The highest BCUT2D eigenvalue weighted by atomic mass is 16.3. The van der Waals surface area contributed by atoms with Crippen molar-refractivity contribution in [1.29, 1.82) is 0 Å². The van der Waals surface area contributed by atoms with E-state index in [0.29, 0.717) is 5.89 Å². The maximum atomic E-state index is 12.1. The van der Waals surface area contributed by atoms with Crippen molar-refractivity contribution in [3.8, 4) is 0 Å². The summed E-state index contributed by atoms with van der Waals surface area (Å²) in [5, 5.41) is 0. The number of aromatic nitrogens is 1. The number of nitrogens with one attached hydrogen (secondary N) is 2. The van der Waals surface area contributed by atoms with Crippen LogP contribution in [-0.4, -0.2) is 17.9 Å². The van der Waals surface area contributed by atoms with Crippen LogP contribution in [0.4, 0.5) is 0 Å². The van der Waals surface area contributed by atoms with Gasteiger partial charge in [0.25, 0.3) is 0 Å². The zero-order valence-electron chi connectivity index (χ0n) is 10.4. The first-order valence-corrected chi connectivity index (χ1v) is 6.00. The molecule has 1 aromatic heterocycles. The van der Waals surface area contributed by atoms with Gasteiger partial charge in [-0.2, -0.15) is 0 Å². The van der Waals surface area contributed by atoms with Gasteiger partial charge in [-0.05, 0) is 30.5 Å². The lowest BCUT2D eigenvalue weighted by Gasteiger charge is -2.14. The molecule has 3 rings (SSSR count). The third-order valence-corrected chi connectivity index (χ3v) is 3.47. The molecule has 1 aliphatic carbocycles. The number of fused-ring (bicyclic) bond motifs is 1. The number of carbonyl (C=O) groups excluding carboxylic acids is 1. The van der Waals surface area contributed by atoms with Crippen LogP contribution in [0.15, 0.2) is 22.6 Å². The number of aryl methyl sites for hydroxylation is 1. The molecule has 94 valence electrons. The van der Waals surface area contributed by atoms with Gasteiger partial charge in [0.05, 0.1) is 5.41 Å². The summed E-state index contributed by atoms with van der Waals surface area (Å²) < 4.78 is 5.44. The Morgan fingerprint density at radius 1 is 1.44 bits per heavy atom. The highest BCUT2D eigenvalue weighted by Gasteiger charge is 2.51. The number of hydrazine groups is 1. The van der Waals surface area contributed by atoms with Crippen LogP contribution in [0.5, 0.6) is 0 Å². The third-order valence-electron chi connectivity index (χ3n) is 3.47. The fourth-order valence-corrected chi connectivity index (χ4v) is 2.35. The van der Waals surface area contributed by atoms with Crippen LogP contribution in [0.3, 0.4) is 0 Å². The predicted octanol–water partition coefficient (Wildman–Crippen LogP) is 1.42. The zero-order valence-corrected chi connectivity index (χ0v) is 10.4. The molecule has 2 aromatic rings. The first-order chi connectivity index (χ1) is 8.65. The fourth-order valence-electron chi connectivity index (χ4n) is 2.35. The minimum atomic E-state index is -0.385. The Kier molecular flexibility index (Phi) is 2.38. The number of rotatable bonds is 3. The summed E-state index contributed by atoms with van der Waals surface area (Å²) in [7, 11) is 1.69. The highest BCUT2D eigenvalue weighted by Crippen LogP contribution is 2.48. The predicted molar refractivity (Wildman–Crippen MR) is 66.9 cm³/mol. The summed E-state index contributed by atoms with van der Waals surface area (Å²) >= 11 is 0. The van der Waals surface area contributed by atoms with Crippen LogP contribution in [0.1, 0.15) is 24.3 Å². The Balaban J connectivity index is 2.01. The molecule has 18 heavy (non-hydrogen) atoms. The average molecular weight is 245 g/mol. The SMILES string of the molecule is CNNC(=O)C1(c2ccc3oc(C)nc3c2)CC1. The molecular formula is C13H15N3O2. The molecule has 1 fully saturated rings. The molecule has 0 saturated heterocycles. The van der Waals surface area contributed by atoms with Gasteiger partial charge in [-0.15, -0.1) is 0 Å². The molecule has 5 nitrogen and oxygen atoms in total. The molecule has 0 unspecified atom stereocenters. The standard InChI is InChI=1S/C13H15N3O2/c1-8-15-10-7-9(3-4-11(10)18-8)13(5-6-13)12(17)16-14-2/h3-4,7,14H,5-6H2,1-2H3,(H,16,17). The second kappa shape index (κ2) is 3.81. The largest absolute Gasteiger partial charge is 0.441 e. The number of hydrogen-bond acceptors (Lipinski definition) is 4. The number of benzene rings is 1. The molecule has 2 N–H and O–H groups in total. The van der Waals surface area contributed by atoms with Crippen molar-refractivity contribution < 1.29 is 9.21 Å². The van der Waals surface area contributed by atoms with E-state index in [2.05, 4.69) is 15.8 Å². The van der Waals surface area contributed by atoms with E-state index in [1.807, 2.05) is 25.1 Å². The van der Waals surface area contributed by atoms with E-state index >= 15 is 0 Å². The molecule has 1 heterocycles. The van der Waals surface area contributed by atoms with Gasteiger partial charge in [0.1, 0.15) is 5.52 Å². The molecular weight excluding hydrogens is 230 g/mol. The topological polar surface area (TPSA) is 67.2 Å². The first kappa shape index (κ1) is 11.2. The number of oxazole rings is 1. The minimum Gasteiger partial charge on any atom is -0.441 e. The van der Waals surface area contributed by atoms with Gasteiger partial charge in [-0.3, -0.25) is 10.2 Å². The quantitative estimate of drug-likeness (QED) is 0.802. The number of carbonyl (C=O) groups is 1. The van der Waals surface area contributed by atoms with Gasteiger partial charge in [-0.25, -0.2) is 10.4 Å². The van der Waals surface area contributed by atoms with Gasteiger partial charge in [-0.1, -0.05) is 6.07 Å². The van der Waals surface area contributed by atoms with E-state index in [1.54, 1.807) is 7.05 Å². The van der Waals surface area contributed by atoms with E-state index in [-0.39, 0.29) is 11.3 Å². The molecule has 0 radical (unpaired) electrons. The number of nitrogens with zero attached hydrogens (tertiary/aromatic N) is 1. The van der Waals surface area contributed by atoms with Crippen molar-refractivity contribution in [2.45, 2.75) is 25.2 Å². The van der Waals surface area contributed by atoms with Gasteiger partial charge >= 0.3 is 0 Å².